The van der Waals surface area contributed by atoms with Crippen molar-refractivity contribution >= 4 is 8.32 Å². The summed E-state index contributed by atoms with van der Waals surface area (Å²) in [6, 6.07) is 5.80. The Morgan fingerprint density at radius 3 is 2.14 bits per heavy atom. The fraction of sp³-hybridized carbons (Fsp3) is 0.467. The van der Waals surface area contributed by atoms with E-state index in [9.17, 15) is 13.2 Å². The van der Waals surface area contributed by atoms with Crippen LogP contribution in [0.5, 0.6) is 5.75 Å². The average molecular weight is 316 g/mol. The van der Waals surface area contributed by atoms with Crippen LogP contribution in [0.2, 0.25) is 19.6 Å². The molecule has 1 aromatic carbocycles. The largest absolute Gasteiger partial charge is 0.573 e. The third kappa shape index (κ3) is 7.21. The molecular formula is C15H19F3O2Si. The summed E-state index contributed by atoms with van der Waals surface area (Å²) in [7, 11) is -1.80. The highest BCUT2D eigenvalue weighted by Crippen LogP contribution is 2.26. The molecule has 0 radical (unpaired) electrons. The zero-order valence-corrected chi connectivity index (χ0v) is 13.8. The fourth-order valence-corrected chi connectivity index (χ4v) is 3.37. The maximum Gasteiger partial charge on any atom is 0.573 e. The minimum absolute atomic E-state index is 0.182. The number of para-hydroxylation sites is 1. The van der Waals surface area contributed by atoms with Gasteiger partial charge in [-0.3, -0.25) is 0 Å². The predicted octanol–water partition coefficient (Wildman–Crippen LogP) is 4.57. The van der Waals surface area contributed by atoms with Gasteiger partial charge in [0.2, 0.25) is 0 Å². The summed E-state index contributed by atoms with van der Waals surface area (Å²) < 4.78 is 46.8. The first-order chi connectivity index (χ1) is 9.38. The summed E-state index contributed by atoms with van der Waals surface area (Å²) >= 11 is 0. The molecule has 0 aromatic heterocycles. The van der Waals surface area contributed by atoms with Crippen molar-refractivity contribution in [2.75, 3.05) is 0 Å². The van der Waals surface area contributed by atoms with E-state index in [1.165, 1.54) is 18.2 Å². The number of benzene rings is 1. The lowest BCUT2D eigenvalue weighted by Gasteiger charge is -2.28. The zero-order valence-electron chi connectivity index (χ0n) is 12.8. The third-order valence-corrected chi connectivity index (χ3v) is 3.29. The molecule has 0 saturated heterocycles. The van der Waals surface area contributed by atoms with E-state index in [0.717, 1.165) is 0 Å². The molecule has 1 rings (SSSR count). The number of rotatable bonds is 3. The van der Waals surface area contributed by atoms with Crippen LogP contribution in [0, 0.1) is 11.8 Å². The quantitative estimate of drug-likeness (QED) is 0.601. The second-order valence-corrected chi connectivity index (χ2v) is 10.4. The van der Waals surface area contributed by atoms with Crippen LogP contribution in [-0.2, 0) is 4.43 Å². The molecule has 0 amide bonds. The highest BCUT2D eigenvalue weighted by Gasteiger charge is 2.32. The summed E-state index contributed by atoms with van der Waals surface area (Å²) in [4.78, 5) is 0. The molecule has 0 aliphatic heterocycles. The Balaban J connectivity index is 3.02. The molecular weight excluding hydrogens is 297 g/mol. The Morgan fingerprint density at radius 1 is 1.05 bits per heavy atom. The van der Waals surface area contributed by atoms with Crippen molar-refractivity contribution in [2.24, 2.45) is 0 Å². The molecule has 0 atom stereocenters. The molecule has 0 bridgehead atoms. The van der Waals surface area contributed by atoms with Crippen molar-refractivity contribution in [1.29, 1.82) is 0 Å². The number of hydrogen-bond acceptors (Lipinski definition) is 2. The zero-order chi connectivity index (χ0) is 16.3. The Kier molecular flexibility index (Phi) is 5.13. The third-order valence-electron chi connectivity index (χ3n) is 2.17. The van der Waals surface area contributed by atoms with Crippen molar-refractivity contribution in [1.82, 2.24) is 0 Å². The summed E-state index contributed by atoms with van der Waals surface area (Å²) in [6.07, 6.45) is -4.73. The highest BCUT2D eigenvalue weighted by molar-refractivity contribution is 6.69. The van der Waals surface area contributed by atoms with Crippen LogP contribution in [0.25, 0.3) is 0 Å². The smallest absolute Gasteiger partial charge is 0.404 e. The monoisotopic (exact) mass is 316 g/mol. The molecule has 0 fully saturated rings. The maximum absolute atomic E-state index is 12.3. The van der Waals surface area contributed by atoms with Gasteiger partial charge in [-0.25, -0.2) is 0 Å². The van der Waals surface area contributed by atoms with Gasteiger partial charge in [-0.05, 0) is 45.6 Å². The van der Waals surface area contributed by atoms with Gasteiger partial charge in [-0.2, -0.15) is 0 Å². The molecule has 2 nitrogen and oxygen atoms in total. The normalized spacial score (nSPS) is 12.6. The molecule has 6 heteroatoms. The van der Waals surface area contributed by atoms with Gasteiger partial charge < -0.3 is 9.16 Å². The summed E-state index contributed by atoms with van der Waals surface area (Å²) in [6.45, 7) is 9.67. The van der Waals surface area contributed by atoms with E-state index in [2.05, 4.69) is 16.6 Å². The van der Waals surface area contributed by atoms with Gasteiger partial charge in [-0.1, -0.05) is 24.0 Å². The van der Waals surface area contributed by atoms with E-state index in [4.69, 9.17) is 4.43 Å². The fourth-order valence-electron chi connectivity index (χ4n) is 1.79. The minimum Gasteiger partial charge on any atom is -0.404 e. The second kappa shape index (κ2) is 6.12. The van der Waals surface area contributed by atoms with Gasteiger partial charge in [0.25, 0.3) is 0 Å². The van der Waals surface area contributed by atoms with Crippen molar-refractivity contribution in [3.63, 3.8) is 0 Å². The van der Waals surface area contributed by atoms with Crippen LogP contribution in [0.3, 0.4) is 0 Å². The number of ether oxygens (including phenoxy) is 1. The maximum atomic E-state index is 12.3. The van der Waals surface area contributed by atoms with E-state index >= 15 is 0 Å². The van der Waals surface area contributed by atoms with Crippen LogP contribution < -0.4 is 4.74 Å². The lowest BCUT2D eigenvalue weighted by molar-refractivity contribution is -0.274. The molecule has 0 aliphatic carbocycles. The first-order valence-electron chi connectivity index (χ1n) is 6.46. The predicted molar refractivity (Wildman–Crippen MR) is 78.5 cm³/mol. The Hall–Kier alpha value is -1.45. The van der Waals surface area contributed by atoms with Gasteiger partial charge in [0.15, 0.2) is 8.32 Å². The van der Waals surface area contributed by atoms with Crippen molar-refractivity contribution in [3.8, 4) is 17.6 Å². The first kappa shape index (κ1) is 17.6. The molecule has 116 valence electrons. The van der Waals surface area contributed by atoms with E-state index in [0.29, 0.717) is 0 Å². The van der Waals surface area contributed by atoms with Gasteiger partial charge in [0.1, 0.15) is 11.4 Å². The second-order valence-electron chi connectivity index (χ2n) is 6.02. The van der Waals surface area contributed by atoms with Crippen LogP contribution in [0.1, 0.15) is 19.4 Å². The highest BCUT2D eigenvalue weighted by atomic mass is 28.4. The Labute approximate surface area is 124 Å². The SMILES string of the molecule is CC(C)(C#Cc1ccccc1OC(F)(F)F)O[Si](C)(C)C. The molecule has 0 saturated carbocycles. The molecule has 0 unspecified atom stereocenters. The van der Waals surface area contributed by atoms with E-state index in [1.54, 1.807) is 19.9 Å². The lowest BCUT2D eigenvalue weighted by Crippen LogP contribution is -2.37. The van der Waals surface area contributed by atoms with Crippen molar-refractivity contribution in [2.45, 2.75) is 45.5 Å². The van der Waals surface area contributed by atoms with Crippen molar-refractivity contribution in [3.05, 3.63) is 29.8 Å². The summed E-state index contributed by atoms with van der Waals surface area (Å²) in [5.74, 6) is 5.29. The van der Waals surface area contributed by atoms with E-state index < -0.39 is 20.3 Å². The Bertz CT molecular complexity index is 549. The Morgan fingerprint density at radius 2 is 1.62 bits per heavy atom. The summed E-state index contributed by atoms with van der Waals surface area (Å²) in [5.41, 5.74) is -0.544. The summed E-state index contributed by atoms with van der Waals surface area (Å²) in [5, 5.41) is 0. The van der Waals surface area contributed by atoms with Gasteiger partial charge in [0.05, 0.1) is 5.56 Å². The van der Waals surface area contributed by atoms with Crippen LogP contribution in [0.15, 0.2) is 24.3 Å². The first-order valence-corrected chi connectivity index (χ1v) is 9.87. The number of alkyl halides is 3. The van der Waals surface area contributed by atoms with Gasteiger partial charge in [0, 0.05) is 0 Å². The van der Waals surface area contributed by atoms with Crippen LogP contribution in [-0.4, -0.2) is 20.3 Å². The lowest BCUT2D eigenvalue weighted by atomic mass is 10.1. The topological polar surface area (TPSA) is 18.5 Å². The van der Waals surface area contributed by atoms with Crippen LogP contribution >= 0.6 is 0 Å². The number of hydrogen-bond donors (Lipinski definition) is 0. The molecule has 21 heavy (non-hydrogen) atoms. The minimum atomic E-state index is -4.73. The number of halogens is 3. The van der Waals surface area contributed by atoms with Gasteiger partial charge >= 0.3 is 6.36 Å². The van der Waals surface area contributed by atoms with Crippen LogP contribution in [0.4, 0.5) is 13.2 Å². The van der Waals surface area contributed by atoms with E-state index in [-0.39, 0.29) is 11.3 Å². The molecule has 0 aliphatic rings. The average Bonchev–Trinajstić information content (AvgIpc) is 2.22. The standard InChI is InChI=1S/C15H19F3O2Si/c1-14(2,20-21(3,4)5)11-10-12-8-6-7-9-13(12)19-15(16,17)18/h6-9H,1-5H3. The van der Waals surface area contributed by atoms with E-state index in [1.807, 2.05) is 19.6 Å². The van der Waals surface area contributed by atoms with Crippen molar-refractivity contribution < 1.29 is 22.3 Å². The van der Waals surface area contributed by atoms with Gasteiger partial charge in [-0.15, -0.1) is 13.2 Å². The molecule has 0 heterocycles. The molecule has 0 spiro atoms. The molecule has 1 aromatic rings. The molecule has 0 N–H and O–H groups in total.